The number of hydrogen-bond acceptors (Lipinski definition) is 2. The molecule has 1 aromatic rings. The first-order valence-electron chi connectivity index (χ1n) is 4.33. The Balaban J connectivity index is 2.57. The number of rotatable bonds is 3. The van der Waals surface area contributed by atoms with Crippen molar-refractivity contribution in [1.29, 1.82) is 0 Å². The zero-order chi connectivity index (χ0) is 9.14. The number of aliphatic hydroxyl groups is 1. The standard InChI is InChI=1S/C10H16OS/c1-7(11)4-5-10-6-8(2)12-9(10)3/h6-7,11H,4-5H2,1-3H3. The summed E-state index contributed by atoms with van der Waals surface area (Å²) in [6.45, 7) is 6.12. The molecule has 1 heterocycles. The molecule has 1 atom stereocenters. The first-order chi connectivity index (χ1) is 5.59. The third-order valence-electron chi connectivity index (χ3n) is 1.98. The van der Waals surface area contributed by atoms with Gasteiger partial charge in [0, 0.05) is 9.75 Å². The maximum absolute atomic E-state index is 9.11. The van der Waals surface area contributed by atoms with Crippen molar-refractivity contribution in [3.05, 3.63) is 21.4 Å². The fourth-order valence-corrected chi connectivity index (χ4v) is 2.27. The van der Waals surface area contributed by atoms with Crippen LogP contribution in [-0.2, 0) is 6.42 Å². The highest BCUT2D eigenvalue weighted by molar-refractivity contribution is 7.12. The average molecular weight is 184 g/mol. The van der Waals surface area contributed by atoms with Crippen molar-refractivity contribution < 1.29 is 5.11 Å². The van der Waals surface area contributed by atoms with Gasteiger partial charge in [-0.2, -0.15) is 0 Å². The molecular formula is C10H16OS. The SMILES string of the molecule is Cc1cc(CCC(C)O)c(C)s1. The normalized spacial score (nSPS) is 13.3. The molecule has 1 nitrogen and oxygen atoms in total. The lowest BCUT2D eigenvalue weighted by Gasteiger charge is -2.02. The smallest absolute Gasteiger partial charge is 0.0515 e. The van der Waals surface area contributed by atoms with Crippen molar-refractivity contribution in [3.63, 3.8) is 0 Å². The van der Waals surface area contributed by atoms with Crippen LogP contribution >= 0.6 is 11.3 Å². The monoisotopic (exact) mass is 184 g/mol. The molecule has 0 bridgehead atoms. The number of aliphatic hydroxyl groups excluding tert-OH is 1. The van der Waals surface area contributed by atoms with E-state index < -0.39 is 0 Å². The second-order valence-corrected chi connectivity index (χ2v) is 4.79. The predicted octanol–water partition coefficient (Wildman–Crippen LogP) is 2.68. The van der Waals surface area contributed by atoms with Crippen LogP contribution in [0, 0.1) is 13.8 Å². The third-order valence-corrected chi connectivity index (χ3v) is 2.98. The van der Waals surface area contributed by atoms with E-state index in [1.807, 2.05) is 18.3 Å². The molecule has 1 N–H and O–H groups in total. The summed E-state index contributed by atoms with van der Waals surface area (Å²) in [5, 5.41) is 9.11. The molecule has 0 aromatic carbocycles. The highest BCUT2D eigenvalue weighted by Gasteiger charge is 2.03. The van der Waals surface area contributed by atoms with Crippen LogP contribution in [0.1, 0.15) is 28.7 Å². The Hall–Kier alpha value is -0.340. The minimum Gasteiger partial charge on any atom is -0.393 e. The zero-order valence-corrected chi connectivity index (χ0v) is 8.74. The van der Waals surface area contributed by atoms with E-state index in [1.54, 1.807) is 0 Å². The van der Waals surface area contributed by atoms with E-state index in [2.05, 4.69) is 19.9 Å². The Morgan fingerprint density at radius 2 is 2.17 bits per heavy atom. The molecule has 1 unspecified atom stereocenters. The molecular weight excluding hydrogens is 168 g/mol. The largest absolute Gasteiger partial charge is 0.393 e. The molecule has 0 saturated carbocycles. The summed E-state index contributed by atoms with van der Waals surface area (Å²) >= 11 is 1.84. The maximum atomic E-state index is 9.11. The zero-order valence-electron chi connectivity index (χ0n) is 7.92. The van der Waals surface area contributed by atoms with Crippen molar-refractivity contribution >= 4 is 11.3 Å². The minimum absolute atomic E-state index is 0.176. The van der Waals surface area contributed by atoms with E-state index in [0.717, 1.165) is 12.8 Å². The molecule has 12 heavy (non-hydrogen) atoms. The van der Waals surface area contributed by atoms with Gasteiger partial charge >= 0.3 is 0 Å². The van der Waals surface area contributed by atoms with Gasteiger partial charge in [-0.05, 0) is 45.2 Å². The first-order valence-corrected chi connectivity index (χ1v) is 5.15. The quantitative estimate of drug-likeness (QED) is 0.765. The van der Waals surface area contributed by atoms with Crippen LogP contribution in [0.3, 0.4) is 0 Å². The topological polar surface area (TPSA) is 20.2 Å². The number of thiophene rings is 1. The number of hydrogen-bond donors (Lipinski definition) is 1. The van der Waals surface area contributed by atoms with E-state index in [1.165, 1.54) is 15.3 Å². The molecule has 0 spiro atoms. The number of aryl methyl sites for hydroxylation is 3. The van der Waals surface area contributed by atoms with E-state index >= 15 is 0 Å². The van der Waals surface area contributed by atoms with Crippen LogP contribution in [0.5, 0.6) is 0 Å². The lowest BCUT2D eigenvalue weighted by Crippen LogP contribution is -2.01. The fraction of sp³-hybridized carbons (Fsp3) is 0.600. The lowest BCUT2D eigenvalue weighted by atomic mass is 10.1. The lowest BCUT2D eigenvalue weighted by molar-refractivity contribution is 0.185. The van der Waals surface area contributed by atoms with E-state index in [4.69, 9.17) is 5.11 Å². The van der Waals surface area contributed by atoms with Crippen LogP contribution < -0.4 is 0 Å². The van der Waals surface area contributed by atoms with Crippen LogP contribution in [0.25, 0.3) is 0 Å². The second-order valence-electron chi connectivity index (χ2n) is 3.33. The third kappa shape index (κ3) is 2.61. The molecule has 1 aromatic heterocycles. The van der Waals surface area contributed by atoms with Crippen molar-refractivity contribution in [3.8, 4) is 0 Å². The molecule has 0 amide bonds. The van der Waals surface area contributed by atoms with Gasteiger partial charge in [0.2, 0.25) is 0 Å². The van der Waals surface area contributed by atoms with E-state index in [9.17, 15) is 0 Å². The van der Waals surface area contributed by atoms with Crippen molar-refractivity contribution in [1.82, 2.24) is 0 Å². The summed E-state index contributed by atoms with van der Waals surface area (Å²) in [7, 11) is 0. The van der Waals surface area contributed by atoms with Gasteiger partial charge in [0.1, 0.15) is 0 Å². The maximum Gasteiger partial charge on any atom is 0.0515 e. The Morgan fingerprint density at radius 1 is 1.50 bits per heavy atom. The summed E-state index contributed by atoms with van der Waals surface area (Å²) < 4.78 is 0. The van der Waals surface area contributed by atoms with Gasteiger partial charge in [0.25, 0.3) is 0 Å². The summed E-state index contributed by atoms with van der Waals surface area (Å²) in [6, 6.07) is 2.22. The minimum atomic E-state index is -0.176. The van der Waals surface area contributed by atoms with Crippen LogP contribution in [0.4, 0.5) is 0 Å². The van der Waals surface area contributed by atoms with Crippen molar-refractivity contribution in [2.45, 2.75) is 39.7 Å². The molecule has 1 rings (SSSR count). The molecule has 0 aliphatic carbocycles. The van der Waals surface area contributed by atoms with Gasteiger partial charge in [0.05, 0.1) is 6.10 Å². The molecule has 0 fully saturated rings. The molecule has 0 radical (unpaired) electrons. The summed E-state index contributed by atoms with van der Waals surface area (Å²) in [5.74, 6) is 0. The van der Waals surface area contributed by atoms with E-state index in [-0.39, 0.29) is 6.10 Å². The van der Waals surface area contributed by atoms with Gasteiger partial charge in [0.15, 0.2) is 0 Å². The van der Waals surface area contributed by atoms with Gasteiger partial charge in [-0.25, -0.2) is 0 Å². The highest BCUT2D eigenvalue weighted by atomic mass is 32.1. The Labute approximate surface area is 78.1 Å². The van der Waals surface area contributed by atoms with Gasteiger partial charge in [-0.1, -0.05) is 0 Å². The second kappa shape index (κ2) is 4.06. The van der Waals surface area contributed by atoms with Crippen LogP contribution in [0.15, 0.2) is 6.07 Å². The van der Waals surface area contributed by atoms with E-state index in [0.29, 0.717) is 0 Å². The van der Waals surface area contributed by atoms with Gasteiger partial charge in [-0.15, -0.1) is 11.3 Å². The van der Waals surface area contributed by atoms with Gasteiger partial charge < -0.3 is 5.11 Å². The van der Waals surface area contributed by atoms with Crippen molar-refractivity contribution in [2.24, 2.45) is 0 Å². The van der Waals surface area contributed by atoms with Gasteiger partial charge in [-0.3, -0.25) is 0 Å². The molecule has 0 aliphatic heterocycles. The van der Waals surface area contributed by atoms with Crippen LogP contribution in [0.2, 0.25) is 0 Å². The highest BCUT2D eigenvalue weighted by Crippen LogP contribution is 2.21. The molecule has 0 saturated heterocycles. The average Bonchev–Trinajstić information content (AvgIpc) is 2.26. The Morgan fingerprint density at radius 3 is 2.58 bits per heavy atom. The predicted molar refractivity (Wildman–Crippen MR) is 53.8 cm³/mol. The summed E-state index contributed by atoms with van der Waals surface area (Å²) in [6.07, 6.45) is 1.70. The Bertz CT molecular complexity index is 250. The summed E-state index contributed by atoms with van der Waals surface area (Å²) in [4.78, 5) is 2.77. The summed E-state index contributed by atoms with van der Waals surface area (Å²) in [5.41, 5.74) is 1.40. The molecule has 68 valence electrons. The van der Waals surface area contributed by atoms with Crippen LogP contribution in [-0.4, -0.2) is 11.2 Å². The fourth-order valence-electron chi connectivity index (χ4n) is 1.30. The van der Waals surface area contributed by atoms with Crippen molar-refractivity contribution in [2.75, 3.05) is 0 Å². The first kappa shape index (κ1) is 9.75. The Kier molecular flexibility index (Phi) is 3.29. The molecule has 0 aliphatic rings. The molecule has 2 heteroatoms.